The van der Waals surface area contributed by atoms with Gasteiger partial charge in [0, 0.05) is 43.7 Å². The molecule has 3 aromatic rings. The van der Waals surface area contributed by atoms with Gasteiger partial charge in [0.2, 0.25) is 20.0 Å². The number of nitrogens with zero attached hydrogens (tertiary/aromatic N) is 4. The molecular formula is C28H29ClFN5O5S2. The van der Waals surface area contributed by atoms with Crippen LogP contribution in [0, 0.1) is 5.82 Å². The summed E-state index contributed by atoms with van der Waals surface area (Å²) in [6.07, 6.45) is 0. The van der Waals surface area contributed by atoms with Crippen LogP contribution in [0.3, 0.4) is 0 Å². The van der Waals surface area contributed by atoms with E-state index in [1.54, 1.807) is 12.1 Å². The molecule has 2 heterocycles. The monoisotopic (exact) mass is 633 g/mol. The van der Waals surface area contributed by atoms with E-state index >= 15 is 0 Å². The molecule has 0 aromatic heterocycles. The minimum Gasteiger partial charge on any atom is -0.335 e. The predicted octanol–water partition coefficient (Wildman–Crippen LogP) is 3.33. The lowest BCUT2D eigenvalue weighted by Crippen LogP contribution is -2.51. The maximum atomic E-state index is 13.5. The van der Waals surface area contributed by atoms with Gasteiger partial charge in [0.1, 0.15) is 5.82 Å². The van der Waals surface area contributed by atoms with E-state index in [0.29, 0.717) is 16.3 Å². The number of carbonyl (C=O) groups is 1. The Hall–Kier alpha value is -3.36. The lowest BCUT2D eigenvalue weighted by molar-refractivity contribution is 0.204. The van der Waals surface area contributed by atoms with E-state index in [0.717, 1.165) is 5.56 Å². The Morgan fingerprint density at radius 1 is 0.881 bits per heavy atom. The molecule has 1 N–H and O–H groups in total. The highest BCUT2D eigenvalue weighted by Crippen LogP contribution is 2.29. The zero-order chi connectivity index (χ0) is 29.9. The molecule has 0 aliphatic carbocycles. The van der Waals surface area contributed by atoms with E-state index < -0.39 is 26.1 Å². The molecule has 10 nitrogen and oxygen atoms in total. The number of sulfonamides is 2. The first-order chi connectivity index (χ1) is 20.0. The molecule has 0 saturated carbocycles. The topological polar surface area (TPSA) is 119 Å². The second-order valence-corrected chi connectivity index (χ2v) is 14.3. The molecule has 5 rings (SSSR count). The largest absolute Gasteiger partial charge is 0.337 e. The maximum absolute atomic E-state index is 13.5. The summed E-state index contributed by atoms with van der Waals surface area (Å²) in [5, 5.41) is 8.79. The van der Waals surface area contributed by atoms with Crippen LogP contribution in [-0.4, -0.2) is 87.2 Å². The Bertz CT molecular complexity index is 1660. The first-order valence-electron chi connectivity index (χ1n) is 13.2. The van der Waals surface area contributed by atoms with Gasteiger partial charge < -0.3 is 5.32 Å². The number of hydrazone groups is 1. The number of hydrogen-bond acceptors (Lipinski definition) is 6. The number of carbonyl (C=O) groups excluding carboxylic acids is 1. The van der Waals surface area contributed by atoms with Gasteiger partial charge in [-0.2, -0.15) is 13.7 Å². The average Bonchev–Trinajstić information content (AvgIpc) is 3.44. The van der Waals surface area contributed by atoms with Gasteiger partial charge in [-0.1, -0.05) is 54.1 Å². The van der Waals surface area contributed by atoms with Crippen LogP contribution in [0.2, 0.25) is 5.02 Å². The van der Waals surface area contributed by atoms with Gasteiger partial charge in [-0.25, -0.2) is 31.0 Å². The highest BCUT2D eigenvalue weighted by molar-refractivity contribution is 7.89. The van der Waals surface area contributed by atoms with Crippen LogP contribution in [0.1, 0.15) is 17.0 Å². The Morgan fingerprint density at radius 2 is 1.50 bits per heavy atom. The minimum absolute atomic E-state index is 0.000691. The van der Waals surface area contributed by atoms with Crippen molar-refractivity contribution in [1.82, 2.24) is 18.9 Å². The van der Waals surface area contributed by atoms with Crippen molar-refractivity contribution in [3.05, 3.63) is 101 Å². The van der Waals surface area contributed by atoms with E-state index in [1.165, 1.54) is 50.0 Å². The fourth-order valence-electron chi connectivity index (χ4n) is 4.91. The summed E-state index contributed by atoms with van der Waals surface area (Å²) in [4.78, 5) is 13.1. The molecule has 1 fully saturated rings. The smallest absolute Gasteiger partial charge is 0.335 e. The second kappa shape index (κ2) is 12.5. The number of urea groups is 1. The van der Waals surface area contributed by atoms with Crippen LogP contribution < -0.4 is 5.32 Å². The van der Waals surface area contributed by atoms with Crippen molar-refractivity contribution >= 4 is 43.4 Å². The number of halogens is 2. The molecule has 42 heavy (non-hydrogen) atoms. The summed E-state index contributed by atoms with van der Waals surface area (Å²) in [5.74, 6) is -0.978. The third kappa shape index (κ3) is 6.65. The van der Waals surface area contributed by atoms with Crippen LogP contribution in [0.4, 0.5) is 9.18 Å². The van der Waals surface area contributed by atoms with Gasteiger partial charge >= 0.3 is 6.03 Å². The molecular weight excluding hydrogens is 605 g/mol. The van der Waals surface area contributed by atoms with Gasteiger partial charge in [-0.05, 0) is 47.5 Å². The van der Waals surface area contributed by atoms with Gasteiger partial charge in [-0.3, -0.25) is 0 Å². The molecule has 2 aliphatic heterocycles. The lowest BCUT2D eigenvalue weighted by Gasteiger charge is -2.33. The molecule has 0 bridgehead atoms. The number of hydrogen-bond donors (Lipinski definition) is 1. The molecule has 2 aliphatic rings. The molecule has 222 valence electrons. The van der Waals surface area contributed by atoms with Crippen molar-refractivity contribution in [3.63, 3.8) is 0 Å². The minimum atomic E-state index is -3.78. The molecule has 0 spiro atoms. The number of rotatable bonds is 8. The maximum Gasteiger partial charge on any atom is 0.337 e. The predicted molar refractivity (Wildman–Crippen MR) is 158 cm³/mol. The van der Waals surface area contributed by atoms with Crippen LogP contribution in [0.5, 0.6) is 0 Å². The van der Waals surface area contributed by atoms with Crippen molar-refractivity contribution in [2.45, 2.75) is 10.8 Å². The highest BCUT2D eigenvalue weighted by Gasteiger charge is 2.34. The first kappa shape index (κ1) is 30.1. The summed E-state index contributed by atoms with van der Waals surface area (Å²) in [7, 11) is -7.54. The van der Waals surface area contributed by atoms with E-state index in [1.807, 2.05) is 30.3 Å². The van der Waals surface area contributed by atoms with Crippen LogP contribution in [-0.2, 0) is 20.0 Å². The van der Waals surface area contributed by atoms with Gasteiger partial charge in [-0.15, -0.1) is 0 Å². The highest BCUT2D eigenvalue weighted by atomic mass is 35.5. The standard InChI is InChI=1S/C28H29ClFN5O5S2/c29-23-8-12-25(13-9-23)42(39,40)34-17-15-33(16-18-34)41(37,38)19-14-31-28(36)35-20-26(21-4-2-1-3-5-21)27(32-35)22-6-10-24(30)11-7-22/h1-13,26H,14-20H2,(H,31,36)/t26-/m0/s1. The Morgan fingerprint density at radius 3 is 2.14 bits per heavy atom. The first-order valence-corrected chi connectivity index (χ1v) is 16.7. The van der Waals surface area contributed by atoms with Crippen molar-refractivity contribution in [3.8, 4) is 0 Å². The quantitative estimate of drug-likeness (QED) is 0.408. The third-order valence-electron chi connectivity index (χ3n) is 7.17. The Labute approximate surface area is 249 Å². The Balaban J connectivity index is 1.17. The normalized spacial score (nSPS) is 18.6. The molecule has 1 saturated heterocycles. The van der Waals surface area contributed by atoms with Crippen molar-refractivity contribution < 1.29 is 26.0 Å². The number of nitrogens with one attached hydrogen (secondary N) is 1. The van der Waals surface area contributed by atoms with E-state index in [4.69, 9.17) is 11.6 Å². The summed E-state index contributed by atoms with van der Waals surface area (Å²) in [5.41, 5.74) is 2.23. The van der Waals surface area contributed by atoms with Crippen molar-refractivity contribution in [1.29, 1.82) is 0 Å². The zero-order valence-electron chi connectivity index (χ0n) is 22.4. The summed E-state index contributed by atoms with van der Waals surface area (Å²) in [6.45, 7) is 0.0917. The third-order valence-corrected chi connectivity index (χ3v) is 11.2. The number of amides is 2. The van der Waals surface area contributed by atoms with Crippen LogP contribution >= 0.6 is 11.6 Å². The SMILES string of the molecule is O=C(NCCS(=O)(=O)N1CCN(S(=O)(=O)c2ccc(Cl)cc2)CC1)N1C[C@@H](c2ccccc2)C(c2ccc(F)cc2)=N1. The lowest BCUT2D eigenvalue weighted by atomic mass is 9.91. The van der Waals surface area contributed by atoms with Gasteiger partial charge in [0.15, 0.2) is 0 Å². The molecule has 0 radical (unpaired) electrons. The van der Waals surface area contributed by atoms with Crippen molar-refractivity contribution in [2.24, 2.45) is 5.10 Å². The van der Waals surface area contributed by atoms with Crippen molar-refractivity contribution in [2.75, 3.05) is 45.0 Å². The van der Waals surface area contributed by atoms with Gasteiger partial charge in [0.05, 0.1) is 22.9 Å². The molecule has 2 amide bonds. The van der Waals surface area contributed by atoms with Gasteiger partial charge in [0.25, 0.3) is 0 Å². The summed E-state index contributed by atoms with van der Waals surface area (Å²) in [6, 6.07) is 20.7. The molecule has 0 unspecified atom stereocenters. The van der Waals surface area contributed by atoms with E-state index in [-0.39, 0.29) is 61.7 Å². The van der Waals surface area contributed by atoms with E-state index in [9.17, 15) is 26.0 Å². The van der Waals surface area contributed by atoms with Crippen LogP contribution in [0.25, 0.3) is 0 Å². The molecule has 14 heteroatoms. The van der Waals surface area contributed by atoms with E-state index in [2.05, 4.69) is 10.4 Å². The van der Waals surface area contributed by atoms with Crippen LogP contribution in [0.15, 0.2) is 88.9 Å². The number of benzene rings is 3. The molecule has 3 aromatic carbocycles. The Kier molecular flexibility index (Phi) is 8.94. The zero-order valence-corrected chi connectivity index (χ0v) is 24.8. The summed E-state index contributed by atoms with van der Waals surface area (Å²) < 4.78 is 67.8. The fourth-order valence-corrected chi connectivity index (χ4v) is 7.79. The molecule has 1 atom stereocenters. The average molecular weight is 634 g/mol. The fraction of sp³-hybridized carbons (Fsp3) is 0.286. The number of piperazine rings is 1. The second-order valence-electron chi connectivity index (χ2n) is 9.84. The summed E-state index contributed by atoms with van der Waals surface area (Å²) >= 11 is 5.85.